The number of benzene rings is 2. The summed E-state index contributed by atoms with van der Waals surface area (Å²) in [7, 11) is 1.56. The molecule has 2 rings (SSSR count). The molecule has 0 bridgehead atoms. The summed E-state index contributed by atoms with van der Waals surface area (Å²) >= 11 is 0. The number of methoxy groups -OCH3 is 1. The highest BCUT2D eigenvalue weighted by Gasteiger charge is 2.17. The van der Waals surface area contributed by atoms with Crippen LogP contribution in [0.4, 0.5) is 8.78 Å². The highest BCUT2D eigenvalue weighted by molar-refractivity contribution is 5.89. The molecule has 116 valence electrons. The fourth-order valence-corrected chi connectivity index (χ4v) is 2.08. The van der Waals surface area contributed by atoms with Gasteiger partial charge in [0.15, 0.2) is 0 Å². The van der Waals surface area contributed by atoms with Crippen LogP contribution in [0.5, 0.6) is 0 Å². The number of carbonyl (C=O) groups excluding carboxylic acids is 1. The van der Waals surface area contributed by atoms with Crippen molar-refractivity contribution < 1.29 is 23.0 Å². The molecule has 0 aliphatic heterocycles. The van der Waals surface area contributed by atoms with Gasteiger partial charge in [0, 0.05) is 18.7 Å². The van der Waals surface area contributed by atoms with Crippen molar-refractivity contribution in [1.29, 1.82) is 0 Å². The monoisotopic (exact) mass is 306 g/mol. The summed E-state index contributed by atoms with van der Waals surface area (Å²) in [6, 6.07) is 9.96. The maximum absolute atomic E-state index is 13.7. The minimum absolute atomic E-state index is 0.128. The topological polar surface area (TPSA) is 35.5 Å². The van der Waals surface area contributed by atoms with Crippen molar-refractivity contribution in [1.82, 2.24) is 0 Å². The molecular weight excluding hydrogens is 290 g/mol. The third-order valence-electron chi connectivity index (χ3n) is 3.16. The van der Waals surface area contributed by atoms with Crippen molar-refractivity contribution in [3.63, 3.8) is 0 Å². The third-order valence-corrected chi connectivity index (χ3v) is 3.16. The Balaban J connectivity index is 2.12. The van der Waals surface area contributed by atoms with E-state index in [0.717, 1.165) is 17.7 Å². The molecule has 2 aromatic carbocycles. The van der Waals surface area contributed by atoms with Gasteiger partial charge in [-0.3, -0.25) is 0 Å². The third kappa shape index (κ3) is 3.89. The molecule has 0 fully saturated rings. The van der Waals surface area contributed by atoms with Crippen molar-refractivity contribution in [2.24, 2.45) is 0 Å². The Hall–Kier alpha value is -2.27. The standard InChI is InChI=1S/C17H16F2O3/c1-11(15-7-6-14(18)9-16(15)19)22-17(20)13-5-3-4-12(8-13)10-21-2/h3-9,11H,10H2,1-2H3. The molecule has 0 saturated carbocycles. The maximum Gasteiger partial charge on any atom is 0.338 e. The fourth-order valence-electron chi connectivity index (χ4n) is 2.08. The summed E-state index contributed by atoms with van der Waals surface area (Å²) in [5.74, 6) is -1.99. The van der Waals surface area contributed by atoms with E-state index in [-0.39, 0.29) is 5.56 Å². The first-order chi connectivity index (χ1) is 10.5. The fraction of sp³-hybridized carbons (Fsp3) is 0.235. The Morgan fingerprint density at radius 3 is 2.64 bits per heavy atom. The van der Waals surface area contributed by atoms with Crippen LogP contribution in [-0.4, -0.2) is 13.1 Å². The van der Waals surface area contributed by atoms with Crippen LogP contribution in [0.3, 0.4) is 0 Å². The number of esters is 1. The molecule has 0 heterocycles. The van der Waals surface area contributed by atoms with Crippen molar-refractivity contribution in [3.8, 4) is 0 Å². The molecule has 0 aliphatic carbocycles. The zero-order valence-corrected chi connectivity index (χ0v) is 12.3. The van der Waals surface area contributed by atoms with E-state index in [4.69, 9.17) is 9.47 Å². The minimum Gasteiger partial charge on any atom is -0.454 e. The van der Waals surface area contributed by atoms with Crippen molar-refractivity contribution in [3.05, 3.63) is 70.8 Å². The summed E-state index contributed by atoms with van der Waals surface area (Å²) in [5, 5.41) is 0. The molecule has 0 aromatic heterocycles. The molecule has 3 nitrogen and oxygen atoms in total. The molecule has 0 amide bonds. The lowest BCUT2D eigenvalue weighted by molar-refractivity contribution is 0.0331. The molecule has 0 N–H and O–H groups in total. The smallest absolute Gasteiger partial charge is 0.338 e. The lowest BCUT2D eigenvalue weighted by atomic mass is 10.1. The van der Waals surface area contributed by atoms with Crippen LogP contribution < -0.4 is 0 Å². The molecular formula is C17H16F2O3. The first-order valence-corrected chi connectivity index (χ1v) is 6.75. The summed E-state index contributed by atoms with van der Waals surface area (Å²) in [6.45, 7) is 1.91. The molecule has 1 unspecified atom stereocenters. The maximum atomic E-state index is 13.7. The van der Waals surface area contributed by atoms with E-state index in [1.54, 1.807) is 25.3 Å². The van der Waals surface area contributed by atoms with Crippen LogP contribution in [0.25, 0.3) is 0 Å². The van der Waals surface area contributed by atoms with Crippen LogP contribution in [-0.2, 0) is 16.1 Å². The second kappa shape index (κ2) is 7.13. The van der Waals surface area contributed by atoms with Gasteiger partial charge in [-0.2, -0.15) is 0 Å². The van der Waals surface area contributed by atoms with Crippen LogP contribution in [0.15, 0.2) is 42.5 Å². The van der Waals surface area contributed by atoms with Gasteiger partial charge in [-0.25, -0.2) is 13.6 Å². The molecule has 0 spiro atoms. The van der Waals surface area contributed by atoms with Gasteiger partial charge in [-0.15, -0.1) is 0 Å². The van der Waals surface area contributed by atoms with Crippen LogP contribution in [0, 0.1) is 11.6 Å². The Labute approximate surface area is 127 Å². The summed E-state index contributed by atoms with van der Waals surface area (Å²) in [4.78, 5) is 12.1. The predicted octanol–water partition coefficient (Wildman–Crippen LogP) is 4.03. The zero-order chi connectivity index (χ0) is 16.1. The van der Waals surface area contributed by atoms with Gasteiger partial charge in [0.1, 0.15) is 17.7 Å². The number of rotatable bonds is 5. The molecule has 0 aliphatic rings. The van der Waals surface area contributed by atoms with E-state index in [9.17, 15) is 13.6 Å². The van der Waals surface area contributed by atoms with E-state index in [2.05, 4.69) is 0 Å². The first kappa shape index (κ1) is 16.1. The average Bonchev–Trinajstić information content (AvgIpc) is 2.47. The van der Waals surface area contributed by atoms with Gasteiger partial charge in [-0.05, 0) is 36.8 Å². The minimum atomic E-state index is -0.820. The SMILES string of the molecule is COCc1cccc(C(=O)OC(C)c2ccc(F)cc2F)c1. The van der Waals surface area contributed by atoms with Gasteiger partial charge in [-0.1, -0.05) is 12.1 Å². The lowest BCUT2D eigenvalue weighted by Crippen LogP contribution is -2.11. The van der Waals surface area contributed by atoms with E-state index in [0.29, 0.717) is 12.2 Å². The Morgan fingerprint density at radius 1 is 1.18 bits per heavy atom. The number of hydrogen-bond donors (Lipinski definition) is 0. The van der Waals surface area contributed by atoms with E-state index >= 15 is 0 Å². The van der Waals surface area contributed by atoms with Crippen molar-refractivity contribution in [2.75, 3.05) is 7.11 Å². The Bertz CT molecular complexity index is 671. The average molecular weight is 306 g/mol. The summed E-state index contributed by atoms with van der Waals surface area (Å²) in [6.07, 6.45) is -0.820. The number of halogens is 2. The zero-order valence-electron chi connectivity index (χ0n) is 12.3. The largest absolute Gasteiger partial charge is 0.454 e. The quantitative estimate of drug-likeness (QED) is 0.782. The van der Waals surface area contributed by atoms with Gasteiger partial charge in [0.05, 0.1) is 12.2 Å². The molecule has 22 heavy (non-hydrogen) atoms. The van der Waals surface area contributed by atoms with Crippen LogP contribution in [0.1, 0.15) is 34.5 Å². The highest BCUT2D eigenvalue weighted by Crippen LogP contribution is 2.22. The van der Waals surface area contributed by atoms with Gasteiger partial charge >= 0.3 is 5.97 Å². The van der Waals surface area contributed by atoms with Crippen LogP contribution in [0.2, 0.25) is 0 Å². The van der Waals surface area contributed by atoms with Crippen molar-refractivity contribution >= 4 is 5.97 Å². The van der Waals surface area contributed by atoms with Crippen molar-refractivity contribution in [2.45, 2.75) is 19.6 Å². The van der Waals surface area contributed by atoms with Gasteiger partial charge in [0.25, 0.3) is 0 Å². The molecule has 2 aromatic rings. The Kier molecular flexibility index (Phi) is 5.22. The summed E-state index contributed by atoms with van der Waals surface area (Å²) in [5.41, 5.74) is 1.31. The van der Waals surface area contributed by atoms with E-state index in [1.807, 2.05) is 6.07 Å². The molecule has 0 radical (unpaired) electrons. The normalized spacial score (nSPS) is 12.0. The van der Waals surface area contributed by atoms with Crippen LogP contribution >= 0.6 is 0 Å². The second-order valence-corrected chi connectivity index (χ2v) is 4.85. The second-order valence-electron chi connectivity index (χ2n) is 4.85. The summed E-state index contributed by atoms with van der Waals surface area (Å²) < 4.78 is 36.8. The first-order valence-electron chi connectivity index (χ1n) is 6.75. The highest BCUT2D eigenvalue weighted by atomic mass is 19.1. The molecule has 5 heteroatoms. The number of carbonyl (C=O) groups is 1. The van der Waals surface area contributed by atoms with Gasteiger partial charge < -0.3 is 9.47 Å². The lowest BCUT2D eigenvalue weighted by Gasteiger charge is -2.14. The van der Waals surface area contributed by atoms with E-state index < -0.39 is 23.7 Å². The molecule has 0 saturated heterocycles. The Morgan fingerprint density at radius 2 is 1.95 bits per heavy atom. The van der Waals surface area contributed by atoms with Gasteiger partial charge in [0.2, 0.25) is 0 Å². The van der Waals surface area contributed by atoms with E-state index in [1.165, 1.54) is 13.0 Å². The molecule has 1 atom stereocenters. The number of hydrogen-bond acceptors (Lipinski definition) is 3. The number of ether oxygens (including phenoxy) is 2. The predicted molar refractivity (Wildman–Crippen MR) is 77.3 cm³/mol.